The molecule has 1 aromatic carbocycles. The van der Waals surface area contributed by atoms with E-state index in [1.165, 1.54) is 5.56 Å². The highest BCUT2D eigenvalue weighted by Crippen LogP contribution is 2.47. The summed E-state index contributed by atoms with van der Waals surface area (Å²) in [5.41, 5.74) is 7.45. The van der Waals surface area contributed by atoms with Gasteiger partial charge in [0.15, 0.2) is 0 Å². The highest BCUT2D eigenvalue weighted by Gasteiger charge is 2.44. The van der Waals surface area contributed by atoms with Gasteiger partial charge in [-0.05, 0) is 62.1 Å². The molecule has 130 valence electrons. The van der Waals surface area contributed by atoms with Crippen LogP contribution in [0, 0.1) is 11.8 Å². The molecule has 2 saturated carbocycles. The lowest BCUT2D eigenvalue weighted by molar-refractivity contribution is -0.124. The molecule has 4 nitrogen and oxygen atoms in total. The van der Waals surface area contributed by atoms with E-state index in [0.29, 0.717) is 6.54 Å². The number of rotatable bonds is 6. The third-order valence-corrected chi connectivity index (χ3v) is 5.98. The van der Waals surface area contributed by atoms with Crippen molar-refractivity contribution in [1.82, 2.24) is 5.32 Å². The van der Waals surface area contributed by atoms with Crippen LogP contribution in [0.2, 0.25) is 5.02 Å². The molecule has 24 heavy (non-hydrogen) atoms. The molecule has 3 N–H and O–H groups in total. The first-order chi connectivity index (χ1) is 11.5. The molecule has 0 saturated heterocycles. The first-order valence-electron chi connectivity index (χ1n) is 8.79. The maximum Gasteiger partial charge on any atom is 0.237 e. The van der Waals surface area contributed by atoms with Gasteiger partial charge in [-0.25, -0.2) is 0 Å². The summed E-state index contributed by atoms with van der Waals surface area (Å²) >= 11 is 5.95. The Morgan fingerprint density at radius 2 is 1.88 bits per heavy atom. The van der Waals surface area contributed by atoms with Crippen molar-refractivity contribution in [3.05, 3.63) is 34.9 Å². The fourth-order valence-electron chi connectivity index (χ4n) is 3.75. The zero-order valence-corrected chi connectivity index (χ0v) is 14.6. The smallest absolute Gasteiger partial charge is 0.237 e. The van der Waals surface area contributed by atoms with Crippen molar-refractivity contribution < 1.29 is 9.59 Å². The van der Waals surface area contributed by atoms with Gasteiger partial charge in [-0.2, -0.15) is 0 Å². The molecular formula is C19H25ClN2O2. The Balaban J connectivity index is 1.52. The fourth-order valence-corrected chi connectivity index (χ4v) is 3.88. The molecule has 1 amide bonds. The highest BCUT2D eigenvalue weighted by atomic mass is 35.5. The summed E-state index contributed by atoms with van der Waals surface area (Å²) in [6.07, 6.45) is 6.61. The van der Waals surface area contributed by atoms with E-state index in [1.807, 2.05) is 24.3 Å². The predicted molar refractivity (Wildman–Crippen MR) is 94.9 cm³/mol. The molecule has 0 aromatic heterocycles. The molecule has 2 fully saturated rings. The van der Waals surface area contributed by atoms with Gasteiger partial charge in [0, 0.05) is 22.9 Å². The van der Waals surface area contributed by atoms with Gasteiger partial charge >= 0.3 is 0 Å². The summed E-state index contributed by atoms with van der Waals surface area (Å²) in [6, 6.07) is 7.41. The molecule has 0 aliphatic heterocycles. The molecule has 0 radical (unpaired) electrons. The Hall–Kier alpha value is -1.39. The SMILES string of the molecule is NC(C(=O)NCC1(c2ccc(Cl)cc2)CC1)C1CCC(C=O)CC1. The van der Waals surface area contributed by atoms with Crippen LogP contribution in [0.3, 0.4) is 0 Å². The Morgan fingerprint density at radius 1 is 1.25 bits per heavy atom. The second-order valence-corrected chi connectivity index (χ2v) is 7.78. The van der Waals surface area contributed by atoms with E-state index < -0.39 is 6.04 Å². The third kappa shape index (κ3) is 3.81. The average molecular weight is 349 g/mol. The fraction of sp³-hybridized carbons (Fsp3) is 0.579. The van der Waals surface area contributed by atoms with Crippen molar-refractivity contribution in [3.63, 3.8) is 0 Å². The second kappa shape index (κ2) is 7.24. The molecule has 1 aromatic rings. The van der Waals surface area contributed by atoms with Crippen LogP contribution in [0.5, 0.6) is 0 Å². The molecule has 0 heterocycles. The van der Waals surface area contributed by atoms with Gasteiger partial charge in [-0.1, -0.05) is 23.7 Å². The lowest BCUT2D eigenvalue weighted by Crippen LogP contribution is -2.48. The van der Waals surface area contributed by atoms with Crippen LogP contribution in [0.25, 0.3) is 0 Å². The van der Waals surface area contributed by atoms with E-state index in [2.05, 4.69) is 5.32 Å². The zero-order valence-electron chi connectivity index (χ0n) is 13.8. The zero-order chi connectivity index (χ0) is 17.2. The molecule has 1 unspecified atom stereocenters. The van der Waals surface area contributed by atoms with Crippen molar-refractivity contribution >= 4 is 23.8 Å². The van der Waals surface area contributed by atoms with Crippen LogP contribution in [-0.2, 0) is 15.0 Å². The highest BCUT2D eigenvalue weighted by molar-refractivity contribution is 6.30. The molecule has 2 aliphatic rings. The minimum absolute atomic E-state index is 0.0507. The standard InChI is InChI=1S/C19H25ClN2O2/c20-16-7-5-15(6-8-16)19(9-10-19)12-22-18(24)17(21)14-3-1-13(11-23)2-4-14/h5-8,11,13-14,17H,1-4,9-10,12,21H2,(H,22,24). The van der Waals surface area contributed by atoms with Gasteiger partial charge in [0.05, 0.1) is 6.04 Å². The van der Waals surface area contributed by atoms with Crippen LogP contribution in [0.4, 0.5) is 0 Å². The molecule has 2 aliphatic carbocycles. The molecule has 0 spiro atoms. The third-order valence-electron chi connectivity index (χ3n) is 5.73. The summed E-state index contributed by atoms with van der Waals surface area (Å²) in [4.78, 5) is 23.3. The minimum Gasteiger partial charge on any atom is -0.354 e. The Morgan fingerprint density at radius 3 is 2.42 bits per heavy atom. The van der Waals surface area contributed by atoms with Gasteiger partial charge in [0.1, 0.15) is 6.29 Å². The molecule has 0 bridgehead atoms. The number of carbonyl (C=O) groups excluding carboxylic acids is 2. The average Bonchev–Trinajstić information content (AvgIpc) is 3.41. The van der Waals surface area contributed by atoms with E-state index in [9.17, 15) is 9.59 Å². The van der Waals surface area contributed by atoms with Crippen LogP contribution < -0.4 is 11.1 Å². The van der Waals surface area contributed by atoms with E-state index >= 15 is 0 Å². The van der Waals surface area contributed by atoms with Gasteiger partial charge < -0.3 is 15.8 Å². The maximum atomic E-state index is 12.4. The summed E-state index contributed by atoms with van der Waals surface area (Å²) < 4.78 is 0. The quantitative estimate of drug-likeness (QED) is 0.776. The largest absolute Gasteiger partial charge is 0.354 e. The number of nitrogens with two attached hydrogens (primary N) is 1. The van der Waals surface area contributed by atoms with Crippen molar-refractivity contribution in [1.29, 1.82) is 0 Å². The van der Waals surface area contributed by atoms with E-state index in [-0.39, 0.29) is 23.2 Å². The number of hydrogen-bond donors (Lipinski definition) is 2. The number of nitrogens with one attached hydrogen (secondary N) is 1. The normalized spacial score (nSPS) is 26.4. The topological polar surface area (TPSA) is 72.2 Å². The number of benzene rings is 1. The van der Waals surface area contributed by atoms with Crippen molar-refractivity contribution in [2.75, 3.05) is 6.54 Å². The lowest BCUT2D eigenvalue weighted by atomic mass is 9.79. The first kappa shape index (κ1) is 17.4. The van der Waals surface area contributed by atoms with Crippen molar-refractivity contribution in [2.24, 2.45) is 17.6 Å². The van der Waals surface area contributed by atoms with Crippen molar-refractivity contribution in [2.45, 2.75) is 50.0 Å². The van der Waals surface area contributed by atoms with E-state index in [1.54, 1.807) is 0 Å². The summed E-state index contributed by atoms with van der Waals surface area (Å²) in [6.45, 7) is 0.630. The van der Waals surface area contributed by atoms with E-state index in [0.717, 1.165) is 49.8 Å². The van der Waals surface area contributed by atoms with Crippen LogP contribution in [0.1, 0.15) is 44.1 Å². The van der Waals surface area contributed by atoms with Gasteiger partial charge in [-0.3, -0.25) is 4.79 Å². The second-order valence-electron chi connectivity index (χ2n) is 7.34. The predicted octanol–water partition coefficient (Wildman–Crippen LogP) is 2.82. The van der Waals surface area contributed by atoms with Crippen molar-refractivity contribution in [3.8, 4) is 0 Å². The van der Waals surface area contributed by atoms with Gasteiger partial charge in [-0.15, -0.1) is 0 Å². The summed E-state index contributed by atoms with van der Waals surface area (Å²) in [5, 5.41) is 3.78. The van der Waals surface area contributed by atoms with Crippen LogP contribution in [-0.4, -0.2) is 24.8 Å². The number of halogens is 1. The lowest BCUT2D eigenvalue weighted by Gasteiger charge is -2.29. The van der Waals surface area contributed by atoms with Gasteiger partial charge in [0.2, 0.25) is 5.91 Å². The van der Waals surface area contributed by atoms with E-state index in [4.69, 9.17) is 17.3 Å². The Bertz CT molecular complexity index is 590. The number of aldehydes is 1. The number of hydrogen-bond acceptors (Lipinski definition) is 3. The number of carbonyl (C=O) groups is 2. The molecule has 5 heteroatoms. The number of amides is 1. The first-order valence-corrected chi connectivity index (χ1v) is 9.16. The minimum atomic E-state index is -0.474. The Labute approximate surface area is 148 Å². The summed E-state index contributed by atoms with van der Waals surface area (Å²) in [7, 11) is 0. The molecular weight excluding hydrogens is 324 g/mol. The Kier molecular flexibility index (Phi) is 5.26. The summed E-state index contributed by atoms with van der Waals surface area (Å²) in [5.74, 6) is 0.271. The van der Waals surface area contributed by atoms with Crippen LogP contribution in [0.15, 0.2) is 24.3 Å². The van der Waals surface area contributed by atoms with Gasteiger partial charge in [0.25, 0.3) is 0 Å². The molecule has 1 atom stereocenters. The van der Waals surface area contributed by atoms with Crippen LogP contribution >= 0.6 is 11.6 Å². The monoisotopic (exact) mass is 348 g/mol. The molecule has 3 rings (SSSR count). The maximum absolute atomic E-state index is 12.4.